The third-order valence-electron chi connectivity index (χ3n) is 2.35. The van der Waals surface area contributed by atoms with Crippen LogP contribution >= 0.6 is 0 Å². The van der Waals surface area contributed by atoms with Gasteiger partial charge in [0.1, 0.15) is 5.82 Å². The van der Waals surface area contributed by atoms with E-state index in [2.05, 4.69) is 10.3 Å². The maximum Gasteiger partial charge on any atom is 0.252 e. The lowest BCUT2D eigenvalue weighted by Gasteiger charge is -2.08. The van der Waals surface area contributed by atoms with Crippen LogP contribution in [0.1, 0.15) is 15.9 Å². The van der Waals surface area contributed by atoms with Gasteiger partial charge in [-0.1, -0.05) is 12.1 Å². The van der Waals surface area contributed by atoms with Crippen LogP contribution in [0.4, 0.5) is 11.5 Å². The molecule has 2 aromatic rings. The fourth-order valence-corrected chi connectivity index (χ4v) is 1.56. The second-order valence-corrected chi connectivity index (χ2v) is 3.76. The third-order valence-corrected chi connectivity index (χ3v) is 2.35. The molecule has 0 aliphatic heterocycles. The van der Waals surface area contributed by atoms with Crippen molar-refractivity contribution in [1.29, 1.82) is 0 Å². The van der Waals surface area contributed by atoms with Crippen molar-refractivity contribution in [3.05, 3.63) is 53.7 Å². The summed E-state index contributed by atoms with van der Waals surface area (Å²) in [6, 6.07) is 11.1. The highest BCUT2D eigenvalue weighted by atomic mass is 16.1. The van der Waals surface area contributed by atoms with Crippen LogP contribution in [0.3, 0.4) is 0 Å². The summed E-state index contributed by atoms with van der Waals surface area (Å²) in [5, 5.41) is 3.08. The number of anilines is 2. The molecule has 1 heterocycles. The van der Waals surface area contributed by atoms with Crippen molar-refractivity contribution in [1.82, 2.24) is 4.98 Å². The zero-order valence-electron chi connectivity index (χ0n) is 9.47. The molecule has 2 rings (SSSR count). The Bertz CT molecular complexity index is 552. The average Bonchev–Trinajstić information content (AvgIpc) is 2.29. The van der Waals surface area contributed by atoms with Crippen molar-refractivity contribution in [2.45, 2.75) is 6.92 Å². The minimum absolute atomic E-state index is 0.383. The molecule has 0 unspecified atom stereocenters. The Morgan fingerprint density at radius 2 is 2.12 bits per heavy atom. The van der Waals surface area contributed by atoms with Crippen molar-refractivity contribution in [2.24, 2.45) is 5.73 Å². The normalized spacial score (nSPS) is 9.94. The number of aryl methyl sites for hydroxylation is 1. The number of nitrogens with two attached hydrogens (primary N) is 1. The smallest absolute Gasteiger partial charge is 0.252 e. The molecule has 1 amide bonds. The predicted molar refractivity (Wildman–Crippen MR) is 67.2 cm³/mol. The number of hydrogen-bond donors (Lipinski definition) is 2. The molecule has 86 valence electrons. The fourth-order valence-electron chi connectivity index (χ4n) is 1.56. The molecule has 0 saturated carbocycles. The molecular weight excluding hydrogens is 214 g/mol. The van der Waals surface area contributed by atoms with Crippen LogP contribution in [0.15, 0.2) is 42.6 Å². The Kier molecular flexibility index (Phi) is 3.05. The molecular formula is C13H13N3O. The SMILES string of the molecule is Cc1cccc(Nc2ncccc2C(N)=O)c1. The quantitative estimate of drug-likeness (QED) is 0.844. The number of rotatable bonds is 3. The number of nitrogens with zero attached hydrogens (tertiary/aromatic N) is 1. The van der Waals surface area contributed by atoms with E-state index in [-0.39, 0.29) is 0 Å². The van der Waals surface area contributed by atoms with Crippen LogP contribution in [0.25, 0.3) is 0 Å². The van der Waals surface area contributed by atoms with Crippen LogP contribution < -0.4 is 11.1 Å². The lowest BCUT2D eigenvalue weighted by Crippen LogP contribution is -2.14. The van der Waals surface area contributed by atoms with E-state index in [0.29, 0.717) is 11.4 Å². The van der Waals surface area contributed by atoms with Gasteiger partial charge in [0.15, 0.2) is 0 Å². The van der Waals surface area contributed by atoms with Crippen molar-refractivity contribution in [3.8, 4) is 0 Å². The van der Waals surface area contributed by atoms with E-state index < -0.39 is 5.91 Å². The molecule has 17 heavy (non-hydrogen) atoms. The lowest BCUT2D eigenvalue weighted by atomic mass is 10.2. The number of pyridine rings is 1. The van der Waals surface area contributed by atoms with Gasteiger partial charge in [0, 0.05) is 11.9 Å². The highest BCUT2D eigenvalue weighted by molar-refractivity contribution is 5.98. The van der Waals surface area contributed by atoms with Gasteiger partial charge in [0.2, 0.25) is 0 Å². The van der Waals surface area contributed by atoms with E-state index in [9.17, 15) is 4.79 Å². The Hall–Kier alpha value is -2.36. The van der Waals surface area contributed by atoms with E-state index in [1.807, 2.05) is 31.2 Å². The molecule has 3 N–H and O–H groups in total. The van der Waals surface area contributed by atoms with Gasteiger partial charge in [-0.25, -0.2) is 4.98 Å². The summed E-state index contributed by atoms with van der Waals surface area (Å²) in [5.74, 6) is -0.0150. The maximum absolute atomic E-state index is 11.2. The Balaban J connectivity index is 2.33. The van der Waals surface area contributed by atoms with Crippen LogP contribution in [0.5, 0.6) is 0 Å². The number of amides is 1. The van der Waals surface area contributed by atoms with Crippen LogP contribution in [0, 0.1) is 6.92 Å². The van der Waals surface area contributed by atoms with E-state index in [1.54, 1.807) is 18.3 Å². The molecule has 0 saturated heterocycles. The number of carbonyl (C=O) groups is 1. The summed E-state index contributed by atoms with van der Waals surface area (Å²) in [4.78, 5) is 15.3. The first-order valence-electron chi connectivity index (χ1n) is 5.25. The molecule has 0 radical (unpaired) electrons. The summed E-state index contributed by atoms with van der Waals surface area (Å²) in [5.41, 5.74) is 7.67. The summed E-state index contributed by atoms with van der Waals surface area (Å²) in [6.45, 7) is 2.00. The summed E-state index contributed by atoms with van der Waals surface area (Å²) >= 11 is 0. The Labute approximate surface area is 99.5 Å². The average molecular weight is 227 g/mol. The number of hydrogen-bond acceptors (Lipinski definition) is 3. The van der Waals surface area contributed by atoms with Crippen molar-refractivity contribution in [3.63, 3.8) is 0 Å². The minimum Gasteiger partial charge on any atom is -0.365 e. The monoisotopic (exact) mass is 227 g/mol. The number of aromatic nitrogens is 1. The zero-order chi connectivity index (χ0) is 12.3. The molecule has 0 bridgehead atoms. The van der Waals surface area contributed by atoms with Gasteiger partial charge in [-0.15, -0.1) is 0 Å². The molecule has 4 heteroatoms. The van der Waals surface area contributed by atoms with Gasteiger partial charge >= 0.3 is 0 Å². The molecule has 0 fully saturated rings. The second kappa shape index (κ2) is 4.65. The highest BCUT2D eigenvalue weighted by Crippen LogP contribution is 2.18. The zero-order valence-corrected chi connectivity index (χ0v) is 9.47. The number of primary amides is 1. The molecule has 1 aromatic heterocycles. The number of nitrogens with one attached hydrogen (secondary N) is 1. The molecule has 0 aliphatic carbocycles. The molecule has 0 aliphatic rings. The van der Waals surface area contributed by atoms with Gasteiger partial charge in [0.05, 0.1) is 5.56 Å². The van der Waals surface area contributed by atoms with Gasteiger partial charge in [0.25, 0.3) is 5.91 Å². The van der Waals surface area contributed by atoms with Crippen molar-refractivity contribution >= 4 is 17.4 Å². The summed E-state index contributed by atoms with van der Waals surface area (Å²) in [7, 11) is 0. The number of carbonyl (C=O) groups excluding carboxylic acids is 1. The highest BCUT2D eigenvalue weighted by Gasteiger charge is 2.08. The summed E-state index contributed by atoms with van der Waals surface area (Å²) < 4.78 is 0. The van der Waals surface area contributed by atoms with Gasteiger partial charge in [-0.3, -0.25) is 4.79 Å². The van der Waals surface area contributed by atoms with E-state index in [0.717, 1.165) is 11.3 Å². The predicted octanol–water partition coefficient (Wildman–Crippen LogP) is 2.23. The largest absolute Gasteiger partial charge is 0.365 e. The Morgan fingerprint density at radius 3 is 2.82 bits per heavy atom. The van der Waals surface area contributed by atoms with Crippen molar-refractivity contribution < 1.29 is 4.79 Å². The molecule has 0 spiro atoms. The molecule has 1 aromatic carbocycles. The van der Waals surface area contributed by atoms with Crippen LogP contribution in [-0.2, 0) is 0 Å². The summed E-state index contributed by atoms with van der Waals surface area (Å²) in [6.07, 6.45) is 1.62. The minimum atomic E-state index is -0.492. The molecule has 0 atom stereocenters. The Morgan fingerprint density at radius 1 is 1.29 bits per heavy atom. The van der Waals surface area contributed by atoms with Crippen LogP contribution in [-0.4, -0.2) is 10.9 Å². The van der Waals surface area contributed by atoms with E-state index >= 15 is 0 Å². The van der Waals surface area contributed by atoms with E-state index in [1.165, 1.54) is 0 Å². The van der Waals surface area contributed by atoms with Crippen LogP contribution in [0.2, 0.25) is 0 Å². The standard InChI is InChI=1S/C13H13N3O/c1-9-4-2-5-10(8-9)16-13-11(12(14)17)6-3-7-15-13/h2-8H,1H3,(H2,14,17)(H,15,16). The first-order chi connectivity index (χ1) is 8.16. The van der Waals surface area contributed by atoms with Gasteiger partial charge in [-0.05, 0) is 36.8 Å². The fraction of sp³-hybridized carbons (Fsp3) is 0.0769. The topological polar surface area (TPSA) is 68.0 Å². The van der Waals surface area contributed by atoms with Gasteiger partial charge < -0.3 is 11.1 Å². The molecule has 4 nitrogen and oxygen atoms in total. The second-order valence-electron chi connectivity index (χ2n) is 3.76. The first kappa shape index (κ1) is 11.1. The maximum atomic E-state index is 11.2. The van der Waals surface area contributed by atoms with Crippen molar-refractivity contribution in [2.75, 3.05) is 5.32 Å². The third kappa shape index (κ3) is 2.60. The van der Waals surface area contributed by atoms with Gasteiger partial charge in [-0.2, -0.15) is 0 Å². The lowest BCUT2D eigenvalue weighted by molar-refractivity contribution is 0.100. The van der Waals surface area contributed by atoms with E-state index in [4.69, 9.17) is 5.73 Å². The number of benzene rings is 1. The first-order valence-corrected chi connectivity index (χ1v) is 5.25.